The highest BCUT2D eigenvalue weighted by Gasteiger charge is 2.20. The second-order valence-electron chi connectivity index (χ2n) is 4.24. The lowest BCUT2D eigenvalue weighted by molar-refractivity contribution is -0.140. The molecule has 0 fully saturated rings. The number of carbonyl (C=O) groups is 1. The molecule has 0 radical (unpaired) electrons. The van der Waals surface area contributed by atoms with Crippen LogP contribution < -0.4 is 4.72 Å². The third-order valence-corrected chi connectivity index (χ3v) is 4.11. The molecule has 0 aromatic heterocycles. The summed E-state index contributed by atoms with van der Waals surface area (Å²) in [5, 5.41) is 0. The van der Waals surface area contributed by atoms with Crippen molar-refractivity contribution in [3.05, 3.63) is 29.6 Å². The van der Waals surface area contributed by atoms with Crippen LogP contribution in [0.3, 0.4) is 0 Å². The minimum absolute atomic E-state index is 0.0601. The first-order valence-corrected chi connectivity index (χ1v) is 7.27. The van der Waals surface area contributed by atoms with Crippen LogP contribution in [0.1, 0.15) is 12.0 Å². The molecule has 0 spiro atoms. The van der Waals surface area contributed by atoms with Crippen molar-refractivity contribution in [1.29, 1.82) is 0 Å². The van der Waals surface area contributed by atoms with Gasteiger partial charge in [-0.05, 0) is 24.6 Å². The standard InChI is InChI=1S/C12H17FN2O4S/c1-9-4-5-10(13)11(8-9)14-20(17,18)15(2)7-6-12(16)19-3/h4-5,8,14H,6-7H2,1-3H3. The molecule has 1 rings (SSSR count). The highest BCUT2D eigenvalue weighted by atomic mass is 32.2. The maximum absolute atomic E-state index is 13.5. The lowest BCUT2D eigenvalue weighted by atomic mass is 10.2. The molecular formula is C12H17FN2O4S. The van der Waals surface area contributed by atoms with Crippen LogP contribution in [-0.2, 0) is 19.7 Å². The Labute approximate surface area is 117 Å². The Bertz CT molecular complexity index is 589. The highest BCUT2D eigenvalue weighted by Crippen LogP contribution is 2.18. The summed E-state index contributed by atoms with van der Waals surface area (Å²) in [6, 6.07) is 4.11. The van der Waals surface area contributed by atoms with Gasteiger partial charge in [0.1, 0.15) is 5.82 Å². The van der Waals surface area contributed by atoms with Gasteiger partial charge in [0.25, 0.3) is 0 Å². The number of hydrogen-bond acceptors (Lipinski definition) is 4. The van der Waals surface area contributed by atoms with Crippen molar-refractivity contribution in [2.24, 2.45) is 0 Å². The van der Waals surface area contributed by atoms with Crippen LogP contribution in [0.15, 0.2) is 18.2 Å². The fourth-order valence-corrected chi connectivity index (χ4v) is 2.33. The number of anilines is 1. The number of nitrogens with one attached hydrogen (secondary N) is 1. The maximum Gasteiger partial charge on any atom is 0.306 e. The molecule has 0 bridgehead atoms. The first kappa shape index (κ1) is 16.4. The molecule has 0 unspecified atom stereocenters. The zero-order chi connectivity index (χ0) is 15.3. The van der Waals surface area contributed by atoms with Crippen molar-refractivity contribution in [2.45, 2.75) is 13.3 Å². The van der Waals surface area contributed by atoms with Crippen molar-refractivity contribution in [2.75, 3.05) is 25.4 Å². The third kappa shape index (κ3) is 4.46. The van der Waals surface area contributed by atoms with E-state index >= 15 is 0 Å². The molecule has 0 saturated heterocycles. The molecule has 112 valence electrons. The average Bonchev–Trinajstić information content (AvgIpc) is 2.39. The molecule has 0 saturated carbocycles. The maximum atomic E-state index is 13.5. The van der Waals surface area contributed by atoms with Crippen LogP contribution in [0.4, 0.5) is 10.1 Å². The predicted molar refractivity (Wildman–Crippen MR) is 72.9 cm³/mol. The van der Waals surface area contributed by atoms with E-state index in [2.05, 4.69) is 9.46 Å². The number of halogens is 1. The second kappa shape index (κ2) is 6.67. The van der Waals surface area contributed by atoms with Crippen molar-refractivity contribution in [3.63, 3.8) is 0 Å². The van der Waals surface area contributed by atoms with Gasteiger partial charge in [-0.25, -0.2) is 4.39 Å². The molecular weight excluding hydrogens is 287 g/mol. The Morgan fingerprint density at radius 1 is 1.45 bits per heavy atom. The number of rotatable bonds is 6. The van der Waals surface area contributed by atoms with E-state index in [1.165, 1.54) is 32.4 Å². The molecule has 0 atom stereocenters. The van der Waals surface area contributed by atoms with Gasteiger partial charge in [0.2, 0.25) is 0 Å². The lowest BCUT2D eigenvalue weighted by Gasteiger charge is -2.18. The van der Waals surface area contributed by atoms with Gasteiger partial charge in [-0.1, -0.05) is 6.07 Å². The molecule has 1 aromatic carbocycles. The van der Waals surface area contributed by atoms with E-state index in [4.69, 9.17) is 0 Å². The topological polar surface area (TPSA) is 75.7 Å². The fraction of sp³-hybridized carbons (Fsp3) is 0.417. The van der Waals surface area contributed by atoms with Gasteiger partial charge in [0, 0.05) is 13.6 Å². The molecule has 0 aliphatic carbocycles. The number of carbonyl (C=O) groups excluding carboxylic acids is 1. The van der Waals surface area contributed by atoms with Crippen LogP contribution in [-0.4, -0.2) is 39.4 Å². The smallest absolute Gasteiger partial charge is 0.306 e. The number of nitrogens with zero attached hydrogens (tertiary/aromatic N) is 1. The third-order valence-electron chi connectivity index (χ3n) is 2.63. The monoisotopic (exact) mass is 304 g/mol. The minimum atomic E-state index is -3.92. The summed E-state index contributed by atoms with van der Waals surface area (Å²) in [5.41, 5.74) is 0.594. The van der Waals surface area contributed by atoms with Crippen LogP contribution in [0.2, 0.25) is 0 Å². The number of methoxy groups -OCH3 is 1. The molecule has 0 heterocycles. The molecule has 0 amide bonds. The van der Waals surface area contributed by atoms with Gasteiger partial charge >= 0.3 is 16.2 Å². The van der Waals surface area contributed by atoms with Gasteiger partial charge in [-0.3, -0.25) is 9.52 Å². The molecule has 6 nitrogen and oxygen atoms in total. The van der Waals surface area contributed by atoms with Crippen LogP contribution in [0.25, 0.3) is 0 Å². The SMILES string of the molecule is COC(=O)CCN(C)S(=O)(=O)Nc1cc(C)ccc1F. The van der Waals surface area contributed by atoms with Crippen molar-refractivity contribution >= 4 is 21.9 Å². The van der Waals surface area contributed by atoms with Gasteiger partial charge in [-0.2, -0.15) is 12.7 Å². The Hall–Kier alpha value is -1.67. The second-order valence-corrected chi connectivity index (χ2v) is 6.02. The highest BCUT2D eigenvalue weighted by molar-refractivity contribution is 7.90. The molecule has 0 aliphatic rings. The van der Waals surface area contributed by atoms with Gasteiger partial charge < -0.3 is 4.74 Å². The van der Waals surface area contributed by atoms with Gasteiger partial charge in [0.15, 0.2) is 0 Å². The van der Waals surface area contributed by atoms with Crippen LogP contribution >= 0.6 is 0 Å². The quantitative estimate of drug-likeness (QED) is 0.803. The van der Waals surface area contributed by atoms with Crippen molar-refractivity contribution in [3.8, 4) is 0 Å². The Morgan fingerprint density at radius 3 is 2.70 bits per heavy atom. The lowest BCUT2D eigenvalue weighted by Crippen LogP contribution is -2.34. The molecule has 20 heavy (non-hydrogen) atoms. The van der Waals surface area contributed by atoms with Crippen LogP contribution in [0.5, 0.6) is 0 Å². The summed E-state index contributed by atoms with van der Waals surface area (Å²) in [4.78, 5) is 11.0. The summed E-state index contributed by atoms with van der Waals surface area (Å²) in [7, 11) is -1.41. The largest absolute Gasteiger partial charge is 0.469 e. The summed E-state index contributed by atoms with van der Waals surface area (Å²) >= 11 is 0. The number of benzene rings is 1. The summed E-state index contributed by atoms with van der Waals surface area (Å²) in [6.45, 7) is 1.66. The number of hydrogen-bond donors (Lipinski definition) is 1. The van der Waals surface area contributed by atoms with Gasteiger partial charge in [0.05, 0.1) is 19.2 Å². The van der Waals surface area contributed by atoms with Crippen LogP contribution in [0, 0.1) is 12.7 Å². The van der Waals surface area contributed by atoms with E-state index in [0.717, 1.165) is 9.87 Å². The number of aryl methyl sites for hydroxylation is 1. The predicted octanol–water partition coefficient (Wildman–Crippen LogP) is 1.29. The summed E-state index contributed by atoms with van der Waals surface area (Å²) in [6.07, 6.45) is -0.0792. The average molecular weight is 304 g/mol. The molecule has 1 aromatic rings. The van der Waals surface area contributed by atoms with E-state index in [0.29, 0.717) is 0 Å². The number of esters is 1. The molecule has 0 aliphatic heterocycles. The first-order valence-electron chi connectivity index (χ1n) is 5.83. The van der Waals surface area contributed by atoms with Crippen molar-refractivity contribution in [1.82, 2.24) is 4.31 Å². The first-order chi connectivity index (χ1) is 9.26. The molecule has 1 N–H and O–H groups in total. The summed E-state index contributed by atoms with van der Waals surface area (Å²) in [5.74, 6) is -1.19. The summed E-state index contributed by atoms with van der Waals surface area (Å²) < 4.78 is 44.9. The fourth-order valence-electron chi connectivity index (χ4n) is 1.41. The normalized spacial score (nSPS) is 11.4. The zero-order valence-electron chi connectivity index (χ0n) is 11.5. The molecule has 8 heteroatoms. The van der Waals surface area contributed by atoms with Crippen molar-refractivity contribution < 1.29 is 22.3 Å². The zero-order valence-corrected chi connectivity index (χ0v) is 12.3. The van der Waals surface area contributed by atoms with E-state index < -0.39 is 22.0 Å². The van der Waals surface area contributed by atoms with Gasteiger partial charge in [-0.15, -0.1) is 0 Å². The van der Waals surface area contributed by atoms with E-state index in [1.54, 1.807) is 6.92 Å². The Balaban J connectivity index is 2.78. The van der Waals surface area contributed by atoms with E-state index in [9.17, 15) is 17.6 Å². The Kier molecular flexibility index (Phi) is 5.46. The number of ether oxygens (including phenoxy) is 1. The Morgan fingerprint density at radius 2 is 2.10 bits per heavy atom. The van der Waals surface area contributed by atoms with E-state index in [1.807, 2.05) is 0 Å². The van der Waals surface area contributed by atoms with E-state index in [-0.39, 0.29) is 18.7 Å². The minimum Gasteiger partial charge on any atom is -0.469 e.